The minimum atomic E-state index is -0.0462. The van der Waals surface area contributed by atoms with E-state index in [2.05, 4.69) is 29.4 Å². The Hall–Kier alpha value is -2.05. The first-order valence-corrected chi connectivity index (χ1v) is 7.76. The summed E-state index contributed by atoms with van der Waals surface area (Å²) in [5.41, 5.74) is 0. The molecule has 7 nitrogen and oxygen atoms in total. The van der Waals surface area contributed by atoms with Crippen molar-refractivity contribution in [1.82, 2.24) is 20.4 Å². The van der Waals surface area contributed by atoms with Crippen molar-refractivity contribution in [2.45, 2.75) is 45.3 Å². The molecule has 1 aromatic rings. The molecule has 7 heteroatoms. The van der Waals surface area contributed by atoms with Gasteiger partial charge in [-0.2, -0.15) is 0 Å². The summed E-state index contributed by atoms with van der Waals surface area (Å²) in [5, 5.41) is 10.9. The lowest BCUT2D eigenvalue weighted by Crippen LogP contribution is -2.44. The van der Waals surface area contributed by atoms with Gasteiger partial charge in [0, 0.05) is 31.1 Å². The van der Waals surface area contributed by atoms with Crippen LogP contribution in [0.4, 0.5) is 4.79 Å². The van der Waals surface area contributed by atoms with Crippen LogP contribution < -0.4 is 14.8 Å². The van der Waals surface area contributed by atoms with E-state index in [1.165, 1.54) is 7.11 Å². The molecule has 1 fully saturated rings. The van der Waals surface area contributed by atoms with Gasteiger partial charge in [0.2, 0.25) is 11.8 Å². The molecule has 0 aromatic carbocycles. The molecule has 1 aromatic heterocycles. The monoisotopic (exact) mass is 308 g/mol. The Labute approximate surface area is 131 Å². The fraction of sp³-hybridized carbons (Fsp3) is 0.667. The number of methoxy groups -OCH3 is 1. The van der Waals surface area contributed by atoms with Gasteiger partial charge in [-0.05, 0) is 12.8 Å². The third-order valence-electron chi connectivity index (χ3n) is 3.86. The van der Waals surface area contributed by atoms with Crippen LogP contribution in [0.15, 0.2) is 12.1 Å². The Kier molecular flexibility index (Phi) is 5.80. The second-order valence-electron chi connectivity index (χ2n) is 5.35. The van der Waals surface area contributed by atoms with E-state index in [0.717, 1.165) is 19.3 Å². The third-order valence-corrected chi connectivity index (χ3v) is 3.86. The van der Waals surface area contributed by atoms with E-state index in [0.29, 0.717) is 24.8 Å². The summed E-state index contributed by atoms with van der Waals surface area (Å²) in [4.78, 5) is 14.0. The second kappa shape index (κ2) is 7.82. The normalized spacial score (nSPS) is 17.6. The molecule has 1 aliphatic heterocycles. The number of rotatable bonds is 6. The first-order valence-electron chi connectivity index (χ1n) is 7.76. The quantitative estimate of drug-likeness (QED) is 0.867. The van der Waals surface area contributed by atoms with E-state index in [9.17, 15) is 4.79 Å². The highest BCUT2D eigenvalue weighted by atomic mass is 16.5. The SMILES string of the molecule is CCC(CC)NC(=O)N1CCC(Oc2ccc(OC)nn2)C1. The Morgan fingerprint density at radius 1 is 1.36 bits per heavy atom. The van der Waals surface area contributed by atoms with Crippen LogP contribution in [0.3, 0.4) is 0 Å². The molecule has 122 valence electrons. The van der Waals surface area contributed by atoms with Crippen molar-refractivity contribution in [2.75, 3.05) is 20.2 Å². The van der Waals surface area contributed by atoms with Crippen molar-refractivity contribution in [2.24, 2.45) is 0 Å². The largest absolute Gasteiger partial charge is 0.480 e. The van der Waals surface area contributed by atoms with Crippen LogP contribution in [-0.2, 0) is 0 Å². The molecule has 1 unspecified atom stereocenters. The van der Waals surface area contributed by atoms with Gasteiger partial charge in [0.1, 0.15) is 6.10 Å². The molecule has 0 spiro atoms. The number of amides is 2. The van der Waals surface area contributed by atoms with E-state index >= 15 is 0 Å². The predicted molar refractivity (Wildman–Crippen MR) is 82.1 cm³/mol. The number of likely N-dealkylation sites (tertiary alicyclic amines) is 1. The molecule has 2 amide bonds. The molecular formula is C15H24N4O3. The summed E-state index contributed by atoms with van der Waals surface area (Å²) in [7, 11) is 1.54. The van der Waals surface area contributed by atoms with Gasteiger partial charge in [-0.15, -0.1) is 10.2 Å². The van der Waals surface area contributed by atoms with Gasteiger partial charge in [-0.3, -0.25) is 0 Å². The summed E-state index contributed by atoms with van der Waals surface area (Å²) < 4.78 is 10.7. The number of carbonyl (C=O) groups excluding carboxylic acids is 1. The Morgan fingerprint density at radius 2 is 2.05 bits per heavy atom. The van der Waals surface area contributed by atoms with Crippen molar-refractivity contribution in [3.63, 3.8) is 0 Å². The fourth-order valence-corrected chi connectivity index (χ4v) is 2.42. The van der Waals surface area contributed by atoms with Crippen LogP contribution in [0, 0.1) is 0 Å². The van der Waals surface area contributed by atoms with Crippen LogP contribution in [0.5, 0.6) is 11.8 Å². The van der Waals surface area contributed by atoms with Gasteiger partial charge >= 0.3 is 6.03 Å². The van der Waals surface area contributed by atoms with Crippen molar-refractivity contribution in [1.29, 1.82) is 0 Å². The highest BCUT2D eigenvalue weighted by molar-refractivity contribution is 5.74. The standard InChI is InChI=1S/C15H24N4O3/c1-4-11(5-2)16-15(20)19-9-8-12(10-19)22-14-7-6-13(21-3)17-18-14/h6-7,11-12H,4-5,8-10H2,1-3H3,(H,16,20). The number of nitrogens with zero attached hydrogens (tertiary/aromatic N) is 3. The average molecular weight is 308 g/mol. The number of nitrogens with one attached hydrogen (secondary N) is 1. The van der Waals surface area contributed by atoms with Gasteiger partial charge in [-0.1, -0.05) is 13.8 Å². The van der Waals surface area contributed by atoms with Crippen LogP contribution in [0.2, 0.25) is 0 Å². The third kappa shape index (κ3) is 4.22. The highest BCUT2D eigenvalue weighted by Crippen LogP contribution is 2.17. The van der Waals surface area contributed by atoms with E-state index in [4.69, 9.17) is 9.47 Å². The van der Waals surface area contributed by atoms with Gasteiger partial charge < -0.3 is 19.7 Å². The number of ether oxygens (including phenoxy) is 2. The zero-order valence-corrected chi connectivity index (χ0v) is 13.4. The lowest BCUT2D eigenvalue weighted by atomic mass is 10.2. The van der Waals surface area contributed by atoms with Crippen molar-refractivity contribution in [3.8, 4) is 11.8 Å². The molecule has 1 N–H and O–H groups in total. The molecular weight excluding hydrogens is 284 g/mol. The molecule has 1 aliphatic rings. The van der Waals surface area contributed by atoms with E-state index in [1.807, 2.05) is 0 Å². The van der Waals surface area contributed by atoms with Crippen LogP contribution in [-0.4, -0.2) is 53.5 Å². The van der Waals surface area contributed by atoms with Gasteiger partial charge in [0.05, 0.1) is 13.7 Å². The molecule has 0 radical (unpaired) electrons. The van der Waals surface area contributed by atoms with Gasteiger partial charge in [-0.25, -0.2) is 4.79 Å². The van der Waals surface area contributed by atoms with Crippen LogP contribution >= 0.6 is 0 Å². The van der Waals surface area contributed by atoms with E-state index in [-0.39, 0.29) is 18.2 Å². The maximum absolute atomic E-state index is 12.2. The number of hydrogen-bond acceptors (Lipinski definition) is 5. The summed E-state index contributed by atoms with van der Waals surface area (Å²) in [6.07, 6.45) is 2.63. The predicted octanol–water partition coefficient (Wildman–Crippen LogP) is 1.84. The molecule has 2 rings (SSSR count). The summed E-state index contributed by atoms with van der Waals surface area (Å²) in [5.74, 6) is 0.901. The van der Waals surface area contributed by atoms with Gasteiger partial charge in [0.25, 0.3) is 0 Å². The summed E-state index contributed by atoms with van der Waals surface area (Å²) in [6.45, 7) is 5.42. The molecule has 0 aliphatic carbocycles. The zero-order chi connectivity index (χ0) is 15.9. The summed E-state index contributed by atoms with van der Waals surface area (Å²) >= 11 is 0. The Bertz CT molecular complexity index is 476. The minimum Gasteiger partial charge on any atom is -0.480 e. The van der Waals surface area contributed by atoms with Crippen LogP contribution in [0.25, 0.3) is 0 Å². The first-order chi connectivity index (χ1) is 10.7. The van der Waals surface area contributed by atoms with Crippen LogP contribution in [0.1, 0.15) is 33.1 Å². The van der Waals surface area contributed by atoms with Gasteiger partial charge in [0.15, 0.2) is 0 Å². The Morgan fingerprint density at radius 3 is 2.64 bits per heavy atom. The van der Waals surface area contributed by atoms with Crippen molar-refractivity contribution >= 4 is 6.03 Å². The number of hydrogen-bond donors (Lipinski definition) is 1. The molecule has 0 saturated carbocycles. The number of carbonyl (C=O) groups is 1. The second-order valence-corrected chi connectivity index (χ2v) is 5.35. The van der Waals surface area contributed by atoms with E-state index < -0.39 is 0 Å². The minimum absolute atomic E-state index is 0.0133. The zero-order valence-electron chi connectivity index (χ0n) is 13.4. The lowest BCUT2D eigenvalue weighted by molar-refractivity contribution is 0.179. The molecule has 2 heterocycles. The molecule has 1 saturated heterocycles. The van der Waals surface area contributed by atoms with E-state index in [1.54, 1.807) is 17.0 Å². The smallest absolute Gasteiger partial charge is 0.317 e. The summed E-state index contributed by atoms with van der Waals surface area (Å²) in [6, 6.07) is 3.65. The fourth-order valence-electron chi connectivity index (χ4n) is 2.42. The van der Waals surface area contributed by atoms with Crippen molar-refractivity contribution < 1.29 is 14.3 Å². The molecule has 22 heavy (non-hydrogen) atoms. The topological polar surface area (TPSA) is 76.6 Å². The highest BCUT2D eigenvalue weighted by Gasteiger charge is 2.28. The van der Waals surface area contributed by atoms with Crippen molar-refractivity contribution in [3.05, 3.63) is 12.1 Å². The first kappa shape index (κ1) is 16.3. The number of aromatic nitrogens is 2. The average Bonchev–Trinajstić information content (AvgIpc) is 3.01. The Balaban J connectivity index is 1.82. The molecule has 1 atom stereocenters. The maximum Gasteiger partial charge on any atom is 0.317 e. The lowest BCUT2D eigenvalue weighted by Gasteiger charge is -2.21. The molecule has 0 bridgehead atoms. The maximum atomic E-state index is 12.2. The number of urea groups is 1.